The second kappa shape index (κ2) is 22.3. The quantitative estimate of drug-likeness (QED) is 0.210. The van der Waals surface area contributed by atoms with Gasteiger partial charge in [-0.15, -0.1) is 0 Å². The highest BCUT2D eigenvalue weighted by molar-refractivity contribution is 5.42. The molecule has 7 heterocycles. The van der Waals surface area contributed by atoms with Gasteiger partial charge < -0.3 is 20.0 Å². The number of hydrogen-bond donors (Lipinski definition) is 1. The third kappa shape index (κ3) is 12.5. The van der Waals surface area contributed by atoms with Crippen LogP contribution in [0.2, 0.25) is 0 Å². The monoisotopic (exact) mass is 727 g/mol. The Hall–Kier alpha value is -3.07. The number of likely N-dealkylation sites (tertiary alicyclic amines) is 1. The smallest absolute Gasteiger partial charge is 0.128 e. The largest absolute Gasteiger partial charge is 0.355 e. The van der Waals surface area contributed by atoms with Gasteiger partial charge in [0.2, 0.25) is 0 Å². The van der Waals surface area contributed by atoms with E-state index in [2.05, 4.69) is 133 Å². The Morgan fingerprint density at radius 3 is 2.00 bits per heavy atom. The highest BCUT2D eigenvalue weighted by Crippen LogP contribution is 2.26. The summed E-state index contributed by atoms with van der Waals surface area (Å²) in [6, 6.07) is 20.7. The van der Waals surface area contributed by atoms with Gasteiger partial charge >= 0.3 is 0 Å². The molecule has 4 aliphatic heterocycles. The summed E-state index contributed by atoms with van der Waals surface area (Å²) in [6.07, 6.45) is 8.94. The van der Waals surface area contributed by atoms with Gasteiger partial charge in [-0.05, 0) is 121 Å². The second-order valence-corrected chi connectivity index (χ2v) is 15.6. The van der Waals surface area contributed by atoms with Gasteiger partial charge in [-0.2, -0.15) is 0 Å². The van der Waals surface area contributed by atoms with Crippen molar-refractivity contribution in [2.45, 2.75) is 130 Å². The molecule has 294 valence electrons. The molecule has 0 saturated carbocycles. The Morgan fingerprint density at radius 2 is 1.38 bits per heavy atom. The topological polar surface area (TPSA) is 63.7 Å². The minimum Gasteiger partial charge on any atom is -0.355 e. The van der Waals surface area contributed by atoms with Crippen LogP contribution in [0.15, 0.2) is 54.6 Å². The zero-order valence-corrected chi connectivity index (χ0v) is 35.0. The van der Waals surface area contributed by atoms with E-state index in [1.54, 1.807) is 0 Å². The molecule has 2 atom stereocenters. The predicted octanol–water partition coefficient (Wildman–Crippen LogP) is 8.89. The van der Waals surface area contributed by atoms with Gasteiger partial charge in [0.15, 0.2) is 0 Å². The Bertz CT molecular complexity index is 1450. The molecule has 0 aromatic carbocycles. The number of hydrogen-bond acceptors (Lipinski definition) is 8. The minimum absolute atomic E-state index is 0.501. The normalized spacial score (nSPS) is 20.2. The summed E-state index contributed by atoms with van der Waals surface area (Å²) in [5, 5.41) is 3.30. The van der Waals surface area contributed by atoms with E-state index in [-0.39, 0.29) is 0 Å². The molecule has 4 fully saturated rings. The first kappa shape index (κ1) is 42.7. The van der Waals surface area contributed by atoms with E-state index in [1.165, 1.54) is 81.7 Å². The highest BCUT2D eigenvalue weighted by Gasteiger charge is 2.30. The van der Waals surface area contributed by atoms with Crippen molar-refractivity contribution < 1.29 is 0 Å². The third-order valence-corrected chi connectivity index (χ3v) is 11.4. The molecule has 7 rings (SSSR count). The molecule has 8 nitrogen and oxygen atoms in total. The van der Waals surface area contributed by atoms with Gasteiger partial charge in [0, 0.05) is 86.0 Å². The summed E-state index contributed by atoms with van der Waals surface area (Å²) in [5.41, 5.74) is 4.87. The van der Waals surface area contributed by atoms with Crippen LogP contribution in [0.4, 0.5) is 11.6 Å². The molecule has 0 amide bonds. The van der Waals surface area contributed by atoms with E-state index >= 15 is 0 Å². The summed E-state index contributed by atoms with van der Waals surface area (Å²) >= 11 is 0. The molecule has 4 aliphatic rings. The number of aromatic nitrogens is 3. The van der Waals surface area contributed by atoms with E-state index in [0.29, 0.717) is 23.8 Å². The molecule has 0 bridgehead atoms. The van der Waals surface area contributed by atoms with Crippen molar-refractivity contribution in [3.8, 4) is 0 Å². The van der Waals surface area contributed by atoms with Gasteiger partial charge in [0.1, 0.15) is 11.6 Å². The lowest BCUT2D eigenvalue weighted by Crippen LogP contribution is -2.40. The molecular formula is C45H74N8. The first-order valence-electron chi connectivity index (χ1n) is 21.3. The molecule has 3 aromatic heterocycles. The van der Waals surface area contributed by atoms with E-state index in [0.717, 1.165) is 62.6 Å². The average molecular weight is 727 g/mol. The van der Waals surface area contributed by atoms with Crippen LogP contribution in [0.25, 0.3) is 0 Å². The van der Waals surface area contributed by atoms with Gasteiger partial charge in [0.05, 0.1) is 0 Å². The number of nitrogens with one attached hydrogen (secondary N) is 1. The van der Waals surface area contributed by atoms with E-state index in [4.69, 9.17) is 9.97 Å². The van der Waals surface area contributed by atoms with Crippen LogP contribution in [0.1, 0.15) is 134 Å². The van der Waals surface area contributed by atoms with Gasteiger partial charge in [-0.3, -0.25) is 9.88 Å². The third-order valence-electron chi connectivity index (χ3n) is 11.4. The van der Waals surface area contributed by atoms with Crippen molar-refractivity contribution in [1.29, 1.82) is 0 Å². The van der Waals surface area contributed by atoms with Crippen molar-refractivity contribution >= 4 is 11.6 Å². The number of rotatable bonds is 11. The maximum Gasteiger partial charge on any atom is 0.128 e. The highest BCUT2D eigenvalue weighted by atomic mass is 15.3. The molecule has 53 heavy (non-hydrogen) atoms. The summed E-state index contributed by atoms with van der Waals surface area (Å²) in [6.45, 7) is 27.8. The molecule has 4 saturated heterocycles. The lowest BCUT2D eigenvalue weighted by molar-refractivity contribution is 0.259. The van der Waals surface area contributed by atoms with Crippen LogP contribution in [0.3, 0.4) is 0 Å². The minimum atomic E-state index is 0.501. The zero-order valence-electron chi connectivity index (χ0n) is 35.0. The second-order valence-electron chi connectivity index (χ2n) is 15.6. The Morgan fingerprint density at radius 1 is 0.755 bits per heavy atom. The van der Waals surface area contributed by atoms with Crippen molar-refractivity contribution in [2.24, 2.45) is 0 Å². The summed E-state index contributed by atoms with van der Waals surface area (Å²) in [4.78, 5) is 24.3. The van der Waals surface area contributed by atoms with Crippen molar-refractivity contribution in [2.75, 3.05) is 75.8 Å². The summed E-state index contributed by atoms with van der Waals surface area (Å²) < 4.78 is 0. The van der Waals surface area contributed by atoms with Gasteiger partial charge in [0.25, 0.3) is 0 Å². The van der Waals surface area contributed by atoms with Crippen LogP contribution in [0.5, 0.6) is 0 Å². The fraction of sp³-hybridized carbons (Fsp3) is 0.667. The zero-order chi connectivity index (χ0) is 38.2. The van der Waals surface area contributed by atoms with Crippen LogP contribution in [-0.2, 0) is 0 Å². The predicted molar refractivity (Wildman–Crippen MR) is 227 cm³/mol. The van der Waals surface area contributed by atoms with Crippen LogP contribution < -0.4 is 15.1 Å². The van der Waals surface area contributed by atoms with Crippen LogP contribution in [0, 0.1) is 6.92 Å². The van der Waals surface area contributed by atoms with E-state index in [1.807, 2.05) is 13.8 Å². The Balaban J connectivity index is 0.000000174. The molecule has 8 heteroatoms. The standard InChI is InChI=1S/C16H27N3.C14H21N3.C13H20N2.C2H6/c1-5-10-18(4)14-9-11-19(12-14)16-8-6-7-15(17-16)13(2)3;1-12-5-4-6-14(15-12)17-10-7-13(11-17)16-8-2-3-9-16;1-3-10(4-2)12-6-5-7-13(15-12)11-8-14-9-11;1-2/h6-8,13-14H,5,9-12H2,1-4H3;4-6,13H,2-3,7-11H2,1H3;5-7,10-11,14H,3-4,8-9H2,1-2H3;1-2H3. The van der Waals surface area contributed by atoms with E-state index in [9.17, 15) is 0 Å². The maximum absolute atomic E-state index is 4.80. The number of likely N-dealkylation sites (N-methyl/N-ethyl adjacent to an activating group) is 1. The molecule has 0 spiro atoms. The first-order valence-corrected chi connectivity index (χ1v) is 21.3. The van der Waals surface area contributed by atoms with Crippen LogP contribution in [-0.4, -0.2) is 103 Å². The summed E-state index contributed by atoms with van der Waals surface area (Å²) in [7, 11) is 2.25. The number of aryl methyl sites for hydroxylation is 1. The van der Waals surface area contributed by atoms with Crippen LogP contribution >= 0.6 is 0 Å². The lowest BCUT2D eigenvalue weighted by atomic mass is 9.95. The Labute approximate surface area is 324 Å². The Kier molecular flexibility index (Phi) is 18.0. The average Bonchev–Trinajstić information content (AvgIpc) is 3.97. The van der Waals surface area contributed by atoms with Crippen molar-refractivity contribution in [1.82, 2.24) is 30.1 Å². The number of nitrogens with zero attached hydrogens (tertiary/aromatic N) is 7. The van der Waals surface area contributed by atoms with E-state index < -0.39 is 0 Å². The van der Waals surface area contributed by atoms with Crippen molar-refractivity contribution in [3.63, 3.8) is 0 Å². The van der Waals surface area contributed by atoms with Crippen molar-refractivity contribution in [3.05, 3.63) is 77.4 Å². The molecule has 2 unspecified atom stereocenters. The molecule has 1 N–H and O–H groups in total. The fourth-order valence-corrected chi connectivity index (χ4v) is 7.97. The molecule has 0 radical (unpaired) electrons. The first-order chi connectivity index (χ1) is 25.8. The number of pyridine rings is 3. The maximum atomic E-state index is 4.80. The lowest BCUT2D eigenvalue weighted by Gasteiger charge is -2.27. The molecular weight excluding hydrogens is 653 g/mol. The fourth-order valence-electron chi connectivity index (χ4n) is 7.97. The SMILES string of the molecule is CC.CCC(CC)c1cccc(C2CNC2)n1.CCCN(C)C1CCN(c2cccc(C(C)C)n2)C1.Cc1cccc(N2CCC(N3CCCC3)C2)n1. The number of anilines is 2. The summed E-state index contributed by atoms with van der Waals surface area (Å²) in [5.74, 6) is 4.10. The van der Waals surface area contributed by atoms with Gasteiger partial charge in [-0.25, -0.2) is 9.97 Å². The molecule has 3 aromatic rings. The van der Waals surface area contributed by atoms with Gasteiger partial charge in [-0.1, -0.05) is 66.7 Å². The molecule has 0 aliphatic carbocycles.